The maximum atomic E-state index is 11.8. The molecule has 0 radical (unpaired) electrons. The fourth-order valence-electron chi connectivity index (χ4n) is 1.79. The summed E-state index contributed by atoms with van der Waals surface area (Å²) in [5, 5.41) is 9.07. The zero-order valence-corrected chi connectivity index (χ0v) is 8.94. The molecule has 0 bridgehead atoms. The molecule has 1 unspecified atom stereocenters. The first kappa shape index (κ1) is 11.5. The third-order valence-corrected chi connectivity index (χ3v) is 2.87. The minimum atomic E-state index is -0.429. The lowest BCUT2D eigenvalue weighted by atomic mass is 10.0. The van der Waals surface area contributed by atoms with Crippen LogP contribution in [0.4, 0.5) is 0 Å². The van der Waals surface area contributed by atoms with Crippen LogP contribution in [0, 0.1) is 5.92 Å². The van der Waals surface area contributed by atoms with Crippen molar-refractivity contribution in [3.63, 3.8) is 0 Å². The van der Waals surface area contributed by atoms with Crippen molar-refractivity contribution in [1.29, 1.82) is 0 Å². The molecular weight excluding hydrogens is 180 g/mol. The first-order valence-electron chi connectivity index (χ1n) is 5.24. The average molecular weight is 200 g/mol. The number of rotatable bonds is 3. The standard InChI is InChI=1S/C10H20N2O2/c1-7(2)9(11)10(14)12-5-3-4-8(12)6-13/h7-9,13H,3-6,11H2,1-2H3/t8?,9-/m0/s1. The first-order valence-corrected chi connectivity index (χ1v) is 5.24. The van der Waals surface area contributed by atoms with Crippen LogP contribution in [0.5, 0.6) is 0 Å². The average Bonchev–Trinajstić information content (AvgIpc) is 2.62. The van der Waals surface area contributed by atoms with Crippen molar-refractivity contribution in [3.05, 3.63) is 0 Å². The quantitative estimate of drug-likeness (QED) is 0.671. The highest BCUT2D eigenvalue weighted by atomic mass is 16.3. The summed E-state index contributed by atoms with van der Waals surface area (Å²) in [5.41, 5.74) is 5.78. The minimum absolute atomic E-state index is 0.00713. The van der Waals surface area contributed by atoms with Crippen LogP contribution < -0.4 is 5.73 Å². The monoisotopic (exact) mass is 200 g/mol. The Kier molecular flexibility index (Phi) is 3.89. The molecule has 1 rings (SSSR count). The van der Waals surface area contributed by atoms with E-state index in [4.69, 9.17) is 10.8 Å². The Morgan fingerprint density at radius 3 is 2.79 bits per heavy atom. The van der Waals surface area contributed by atoms with Crippen molar-refractivity contribution in [2.45, 2.75) is 38.8 Å². The summed E-state index contributed by atoms with van der Waals surface area (Å²) in [5.74, 6) is 0.138. The van der Waals surface area contributed by atoms with E-state index in [-0.39, 0.29) is 24.5 Å². The van der Waals surface area contributed by atoms with Gasteiger partial charge in [-0.1, -0.05) is 13.8 Å². The number of aliphatic hydroxyl groups is 1. The molecule has 1 fully saturated rings. The lowest BCUT2D eigenvalue weighted by Gasteiger charge is -2.27. The van der Waals surface area contributed by atoms with E-state index in [1.54, 1.807) is 4.90 Å². The fourth-order valence-corrected chi connectivity index (χ4v) is 1.79. The highest BCUT2D eigenvalue weighted by Crippen LogP contribution is 2.18. The Morgan fingerprint density at radius 2 is 2.29 bits per heavy atom. The Hall–Kier alpha value is -0.610. The van der Waals surface area contributed by atoms with Gasteiger partial charge in [0, 0.05) is 6.54 Å². The number of hydrogen-bond acceptors (Lipinski definition) is 3. The van der Waals surface area contributed by atoms with Gasteiger partial charge in [0.15, 0.2) is 0 Å². The van der Waals surface area contributed by atoms with Gasteiger partial charge in [0.1, 0.15) is 0 Å². The van der Waals surface area contributed by atoms with Gasteiger partial charge in [0.25, 0.3) is 0 Å². The predicted molar refractivity (Wildman–Crippen MR) is 54.6 cm³/mol. The highest BCUT2D eigenvalue weighted by Gasteiger charge is 2.31. The van der Waals surface area contributed by atoms with Crippen LogP contribution in [-0.4, -0.2) is 41.1 Å². The molecule has 1 amide bonds. The molecule has 1 aliphatic heterocycles. The SMILES string of the molecule is CC(C)[C@H](N)C(=O)N1CCCC1CO. The van der Waals surface area contributed by atoms with Crippen LogP contribution in [-0.2, 0) is 4.79 Å². The van der Waals surface area contributed by atoms with E-state index in [0.29, 0.717) is 0 Å². The zero-order chi connectivity index (χ0) is 10.7. The fraction of sp³-hybridized carbons (Fsp3) is 0.900. The molecule has 0 aromatic carbocycles. The second-order valence-corrected chi connectivity index (χ2v) is 4.28. The topological polar surface area (TPSA) is 66.6 Å². The van der Waals surface area contributed by atoms with Gasteiger partial charge in [0.05, 0.1) is 18.7 Å². The maximum absolute atomic E-state index is 11.8. The van der Waals surface area contributed by atoms with Gasteiger partial charge in [-0.25, -0.2) is 0 Å². The molecule has 0 saturated carbocycles. The molecule has 0 aromatic rings. The van der Waals surface area contributed by atoms with Crippen LogP contribution in [0.3, 0.4) is 0 Å². The second kappa shape index (κ2) is 4.75. The van der Waals surface area contributed by atoms with Crippen molar-refractivity contribution in [2.75, 3.05) is 13.2 Å². The largest absolute Gasteiger partial charge is 0.394 e. The molecule has 0 spiro atoms. The number of amides is 1. The molecule has 14 heavy (non-hydrogen) atoms. The van der Waals surface area contributed by atoms with E-state index < -0.39 is 6.04 Å². The number of carbonyl (C=O) groups excluding carboxylic acids is 1. The van der Waals surface area contributed by atoms with E-state index in [2.05, 4.69) is 0 Å². The van der Waals surface area contributed by atoms with E-state index in [1.807, 2.05) is 13.8 Å². The Bertz CT molecular complexity index is 206. The molecule has 2 atom stereocenters. The van der Waals surface area contributed by atoms with Gasteiger partial charge >= 0.3 is 0 Å². The lowest BCUT2D eigenvalue weighted by molar-refractivity contribution is -0.135. The van der Waals surface area contributed by atoms with E-state index in [1.165, 1.54) is 0 Å². The minimum Gasteiger partial charge on any atom is -0.394 e. The van der Waals surface area contributed by atoms with E-state index in [9.17, 15) is 4.79 Å². The van der Waals surface area contributed by atoms with Crippen molar-refractivity contribution in [3.8, 4) is 0 Å². The third kappa shape index (κ3) is 2.25. The smallest absolute Gasteiger partial charge is 0.240 e. The van der Waals surface area contributed by atoms with Crippen LogP contribution in [0.1, 0.15) is 26.7 Å². The van der Waals surface area contributed by atoms with Gasteiger partial charge in [-0.15, -0.1) is 0 Å². The summed E-state index contributed by atoms with van der Waals surface area (Å²) >= 11 is 0. The summed E-state index contributed by atoms with van der Waals surface area (Å²) in [6, 6.07) is -0.436. The molecule has 1 saturated heterocycles. The molecular formula is C10H20N2O2. The number of likely N-dealkylation sites (tertiary alicyclic amines) is 1. The van der Waals surface area contributed by atoms with Crippen LogP contribution >= 0.6 is 0 Å². The van der Waals surface area contributed by atoms with Gasteiger partial charge in [-0.2, -0.15) is 0 Å². The Balaban J connectivity index is 2.59. The maximum Gasteiger partial charge on any atom is 0.240 e. The van der Waals surface area contributed by atoms with Gasteiger partial charge in [0.2, 0.25) is 5.91 Å². The van der Waals surface area contributed by atoms with Crippen LogP contribution in [0.25, 0.3) is 0 Å². The summed E-state index contributed by atoms with van der Waals surface area (Å²) in [4.78, 5) is 13.6. The molecule has 1 aliphatic rings. The number of carbonyl (C=O) groups is 1. The van der Waals surface area contributed by atoms with Crippen LogP contribution in [0.2, 0.25) is 0 Å². The number of hydrogen-bond donors (Lipinski definition) is 2. The molecule has 0 aliphatic carbocycles. The zero-order valence-electron chi connectivity index (χ0n) is 8.94. The molecule has 4 heteroatoms. The number of nitrogens with zero attached hydrogens (tertiary/aromatic N) is 1. The van der Waals surface area contributed by atoms with Gasteiger partial charge in [-0.05, 0) is 18.8 Å². The van der Waals surface area contributed by atoms with Crippen molar-refractivity contribution < 1.29 is 9.90 Å². The molecule has 82 valence electrons. The first-order chi connectivity index (χ1) is 6.57. The third-order valence-electron chi connectivity index (χ3n) is 2.87. The normalized spacial score (nSPS) is 24.4. The Labute approximate surface area is 85.1 Å². The second-order valence-electron chi connectivity index (χ2n) is 4.28. The molecule has 1 heterocycles. The molecule has 3 N–H and O–H groups in total. The van der Waals surface area contributed by atoms with Gasteiger partial charge < -0.3 is 15.7 Å². The van der Waals surface area contributed by atoms with Gasteiger partial charge in [-0.3, -0.25) is 4.79 Å². The summed E-state index contributed by atoms with van der Waals surface area (Å²) in [6.45, 7) is 4.67. The summed E-state index contributed by atoms with van der Waals surface area (Å²) < 4.78 is 0. The molecule has 4 nitrogen and oxygen atoms in total. The lowest BCUT2D eigenvalue weighted by Crippen LogP contribution is -2.49. The number of aliphatic hydroxyl groups excluding tert-OH is 1. The Morgan fingerprint density at radius 1 is 1.64 bits per heavy atom. The highest BCUT2D eigenvalue weighted by molar-refractivity contribution is 5.82. The van der Waals surface area contributed by atoms with E-state index in [0.717, 1.165) is 19.4 Å². The van der Waals surface area contributed by atoms with Crippen molar-refractivity contribution in [1.82, 2.24) is 4.90 Å². The molecule has 0 aromatic heterocycles. The van der Waals surface area contributed by atoms with Crippen molar-refractivity contribution in [2.24, 2.45) is 11.7 Å². The summed E-state index contributed by atoms with van der Waals surface area (Å²) in [7, 11) is 0. The van der Waals surface area contributed by atoms with E-state index >= 15 is 0 Å². The predicted octanol–water partition coefficient (Wildman–Crippen LogP) is -0.0470. The van der Waals surface area contributed by atoms with Crippen LogP contribution in [0.15, 0.2) is 0 Å². The van der Waals surface area contributed by atoms with Crippen molar-refractivity contribution >= 4 is 5.91 Å². The number of nitrogens with two attached hydrogens (primary N) is 1. The summed E-state index contributed by atoms with van der Waals surface area (Å²) in [6.07, 6.45) is 1.87.